The molecule has 3 fully saturated rings. The Bertz CT molecular complexity index is 1580. The molecular weight excluding hydrogens is 885 g/mol. The number of rotatable bonds is 15. The number of aliphatic hydroxyl groups excluding tert-OH is 1. The van der Waals surface area contributed by atoms with E-state index in [1.807, 2.05) is 55.6 Å². The second-order valence-electron chi connectivity index (χ2n) is 22.9. The number of oxime groups is 1. The molecular formula is C48H94N2O14Si2. The SMILES string of the molecule is CC[C@@H]1OC(=O)[C@H](C)[C@H](O[C@@H]2C[C@@](C)(OC)[C@@H](O[Si](C)(C)C)[C@H](C)O2)[C@@H](C)[C@H](O[C@H]2O[C@@H](C)C[C@@H](N(C)C)[C@@H]2O[Si](C)(C)C)[C@](C)(OC)C[C@H](C)/C(=N/OC(C)(C)OC)[C@@H](C)[C@@H](O)[C@]1(C)O. The highest BCUT2D eigenvalue weighted by atomic mass is 28.4. The van der Waals surface area contributed by atoms with Crippen molar-refractivity contribution >= 4 is 28.3 Å². The summed E-state index contributed by atoms with van der Waals surface area (Å²) in [6.07, 6.45) is -5.99. The van der Waals surface area contributed by atoms with Crippen LogP contribution in [0.2, 0.25) is 39.3 Å². The van der Waals surface area contributed by atoms with Gasteiger partial charge in [0.05, 0.1) is 59.5 Å². The van der Waals surface area contributed by atoms with E-state index in [-0.39, 0.29) is 31.1 Å². The maximum Gasteiger partial charge on any atom is 0.311 e. The van der Waals surface area contributed by atoms with Crippen LogP contribution >= 0.6 is 0 Å². The number of cyclic esters (lactones) is 1. The van der Waals surface area contributed by atoms with Crippen molar-refractivity contribution in [2.24, 2.45) is 28.8 Å². The number of esters is 1. The van der Waals surface area contributed by atoms with E-state index >= 15 is 0 Å². The largest absolute Gasteiger partial charge is 0.459 e. The molecule has 3 aliphatic rings. The molecule has 3 rings (SSSR count). The minimum Gasteiger partial charge on any atom is -0.459 e. The molecule has 3 saturated heterocycles. The van der Waals surface area contributed by atoms with Crippen LogP contribution in [0.3, 0.4) is 0 Å². The molecule has 0 spiro atoms. The van der Waals surface area contributed by atoms with Gasteiger partial charge in [0.25, 0.3) is 0 Å². The number of likely N-dealkylation sites (N-methyl/N-ethyl adjacent to an activating group) is 1. The van der Waals surface area contributed by atoms with E-state index in [1.54, 1.807) is 48.8 Å². The molecule has 388 valence electrons. The Hall–Kier alpha value is -1.11. The number of hydrogen-bond donors (Lipinski definition) is 2. The van der Waals surface area contributed by atoms with Crippen molar-refractivity contribution in [2.75, 3.05) is 35.4 Å². The van der Waals surface area contributed by atoms with Crippen molar-refractivity contribution in [2.45, 2.75) is 238 Å². The van der Waals surface area contributed by atoms with Gasteiger partial charge in [-0.05, 0) is 114 Å². The first kappa shape index (κ1) is 59.2. The lowest BCUT2D eigenvalue weighted by molar-refractivity contribution is -0.316. The Labute approximate surface area is 400 Å². The van der Waals surface area contributed by atoms with Crippen LogP contribution in [-0.4, -0.2) is 169 Å². The second-order valence-corrected chi connectivity index (χ2v) is 31.8. The Kier molecular flexibility index (Phi) is 20.6. The summed E-state index contributed by atoms with van der Waals surface area (Å²) < 4.78 is 66.4. The van der Waals surface area contributed by atoms with Crippen LogP contribution in [0, 0.1) is 23.7 Å². The molecule has 18 atom stereocenters. The molecule has 66 heavy (non-hydrogen) atoms. The lowest BCUT2D eigenvalue weighted by Crippen LogP contribution is -2.63. The van der Waals surface area contributed by atoms with Gasteiger partial charge >= 0.3 is 5.97 Å². The molecule has 0 bridgehead atoms. The maximum absolute atomic E-state index is 14.8. The standard InChI is InChI=1S/C48H94N2O14Si2/c1-24-35-48(12,53)40(51)30(4)37(49-64-45(8,9)54-15)28(2)26-46(10,55-16)41(61-44-39(62-65(18,19)20)34(50(13)14)25-29(3)57-44)31(5)38(32(6)43(52)59-35)60-36-27-47(11,56-17)42(33(7)58-36)63-66(21,22)23/h28-36,38-42,44,51,53H,24-27H2,1-23H3/b49-37-/t28-,29-,30+,31+,32+,33-,34+,35-,36+,38+,39-,40+,41-,42-,44+,46+,47+,48+/m0/s1. The predicted octanol–water partition coefficient (Wildman–Crippen LogP) is 7.34. The van der Waals surface area contributed by atoms with Crippen molar-refractivity contribution in [3.05, 3.63) is 0 Å². The first-order chi connectivity index (χ1) is 30.1. The van der Waals surface area contributed by atoms with Crippen LogP contribution in [0.1, 0.15) is 109 Å². The number of ether oxygens (including phenoxy) is 8. The zero-order valence-corrected chi connectivity index (χ0v) is 47.2. The molecule has 0 radical (unpaired) electrons. The van der Waals surface area contributed by atoms with Gasteiger partial charge in [0.15, 0.2) is 29.2 Å². The quantitative estimate of drug-likeness (QED) is 0.0721. The number of aliphatic hydroxyl groups is 2. The number of carbonyl (C=O) groups excluding carboxylic acids is 1. The van der Waals surface area contributed by atoms with Gasteiger partial charge in [0.2, 0.25) is 5.79 Å². The average Bonchev–Trinajstić information content (AvgIpc) is 3.20. The molecule has 0 aromatic carbocycles. The molecule has 0 amide bonds. The number of nitrogens with zero attached hydrogens (tertiary/aromatic N) is 2. The van der Waals surface area contributed by atoms with E-state index in [2.05, 4.69) is 49.3 Å². The molecule has 3 aliphatic heterocycles. The third-order valence-electron chi connectivity index (χ3n) is 14.1. The van der Waals surface area contributed by atoms with Crippen LogP contribution in [0.5, 0.6) is 0 Å². The number of hydrogen-bond acceptors (Lipinski definition) is 16. The fourth-order valence-electron chi connectivity index (χ4n) is 10.1. The second kappa shape index (κ2) is 23.0. The van der Waals surface area contributed by atoms with Gasteiger partial charge in [-0.2, -0.15) is 0 Å². The summed E-state index contributed by atoms with van der Waals surface area (Å²) in [5.41, 5.74) is -3.44. The van der Waals surface area contributed by atoms with Gasteiger partial charge in [-0.1, -0.05) is 32.9 Å². The Morgan fingerprint density at radius 3 is 1.88 bits per heavy atom. The molecule has 2 N–H and O–H groups in total. The molecule has 0 unspecified atom stereocenters. The molecule has 0 aromatic heterocycles. The van der Waals surface area contributed by atoms with Crippen LogP contribution in [0.15, 0.2) is 5.16 Å². The summed E-state index contributed by atoms with van der Waals surface area (Å²) in [5.74, 6) is -4.58. The lowest BCUT2D eigenvalue weighted by Gasteiger charge is -2.51. The van der Waals surface area contributed by atoms with Crippen molar-refractivity contribution in [3.8, 4) is 0 Å². The molecule has 3 heterocycles. The predicted molar refractivity (Wildman–Crippen MR) is 260 cm³/mol. The molecule has 16 nitrogen and oxygen atoms in total. The van der Waals surface area contributed by atoms with Gasteiger partial charge in [-0.15, -0.1) is 0 Å². The Morgan fingerprint density at radius 1 is 0.818 bits per heavy atom. The van der Waals surface area contributed by atoms with E-state index in [0.29, 0.717) is 12.1 Å². The molecule has 0 aromatic rings. The normalized spacial score (nSPS) is 42.5. The van der Waals surface area contributed by atoms with Crippen LogP contribution in [-0.2, 0) is 56.4 Å². The molecule has 0 aliphatic carbocycles. The van der Waals surface area contributed by atoms with E-state index < -0.39 is 118 Å². The third-order valence-corrected chi connectivity index (χ3v) is 16.0. The summed E-state index contributed by atoms with van der Waals surface area (Å²) in [6.45, 7) is 35.1. The Balaban J connectivity index is 2.39. The fourth-order valence-corrected chi connectivity index (χ4v) is 12.4. The topological polar surface area (TPSA) is 175 Å². The summed E-state index contributed by atoms with van der Waals surface area (Å²) in [6, 6.07) is -0.0377. The smallest absolute Gasteiger partial charge is 0.311 e. The average molecular weight is 979 g/mol. The maximum atomic E-state index is 14.8. The molecule has 18 heteroatoms. The van der Waals surface area contributed by atoms with Gasteiger partial charge in [0, 0.05) is 65.4 Å². The lowest BCUT2D eigenvalue weighted by atomic mass is 9.73. The fraction of sp³-hybridized carbons (Fsp3) is 0.958. The number of methoxy groups -OCH3 is 3. The van der Waals surface area contributed by atoms with E-state index in [1.165, 1.54) is 14.0 Å². The van der Waals surface area contributed by atoms with E-state index in [0.717, 1.165) is 6.42 Å². The zero-order chi connectivity index (χ0) is 50.7. The third kappa shape index (κ3) is 14.7. The first-order valence-electron chi connectivity index (χ1n) is 24.3. The summed E-state index contributed by atoms with van der Waals surface area (Å²) in [7, 11) is 4.68. The van der Waals surface area contributed by atoms with Crippen LogP contribution in [0.4, 0.5) is 0 Å². The van der Waals surface area contributed by atoms with Gasteiger partial charge in [-0.25, -0.2) is 0 Å². The highest BCUT2D eigenvalue weighted by Gasteiger charge is 2.55. The first-order valence-corrected chi connectivity index (χ1v) is 31.1. The van der Waals surface area contributed by atoms with Crippen LogP contribution in [0.25, 0.3) is 0 Å². The Morgan fingerprint density at radius 2 is 1.38 bits per heavy atom. The minimum atomic E-state index is -2.19. The number of carbonyl (C=O) groups is 1. The van der Waals surface area contributed by atoms with Gasteiger partial charge in [-0.3, -0.25) is 4.79 Å². The van der Waals surface area contributed by atoms with Crippen molar-refractivity contribution in [1.82, 2.24) is 4.90 Å². The van der Waals surface area contributed by atoms with Gasteiger partial charge < -0.3 is 66.7 Å². The summed E-state index contributed by atoms with van der Waals surface area (Å²) >= 11 is 0. The summed E-state index contributed by atoms with van der Waals surface area (Å²) in [4.78, 5) is 23.0. The minimum absolute atomic E-state index is 0.0377. The summed E-state index contributed by atoms with van der Waals surface area (Å²) in [5, 5.41) is 29.1. The zero-order valence-electron chi connectivity index (χ0n) is 45.2. The van der Waals surface area contributed by atoms with E-state index in [9.17, 15) is 15.0 Å². The monoisotopic (exact) mass is 979 g/mol. The van der Waals surface area contributed by atoms with Crippen molar-refractivity contribution in [1.29, 1.82) is 0 Å². The van der Waals surface area contributed by atoms with Gasteiger partial charge in [0.1, 0.15) is 17.8 Å². The van der Waals surface area contributed by atoms with Crippen molar-refractivity contribution in [3.63, 3.8) is 0 Å². The van der Waals surface area contributed by atoms with Crippen molar-refractivity contribution < 1.29 is 66.6 Å². The highest BCUT2D eigenvalue weighted by molar-refractivity contribution is 6.70. The van der Waals surface area contributed by atoms with Crippen LogP contribution < -0.4 is 0 Å². The molecule has 0 saturated carbocycles. The van der Waals surface area contributed by atoms with E-state index in [4.69, 9.17) is 51.6 Å². The highest BCUT2D eigenvalue weighted by Crippen LogP contribution is 2.43.